The molecule has 2 N–H and O–H groups in total. The van der Waals surface area contributed by atoms with E-state index < -0.39 is 19.2 Å². The molecule has 112 valence electrons. The maximum absolute atomic E-state index is 11.9. The summed E-state index contributed by atoms with van der Waals surface area (Å²) in [5.74, 6) is -1.23. The molecule has 2 aromatic rings. The summed E-state index contributed by atoms with van der Waals surface area (Å²) >= 11 is 1.59. The molecule has 21 heavy (non-hydrogen) atoms. The molecule has 4 nitrogen and oxygen atoms in total. The Morgan fingerprint density at radius 3 is 2.48 bits per heavy atom. The van der Waals surface area contributed by atoms with Crippen LogP contribution in [-0.4, -0.2) is 16.0 Å². The van der Waals surface area contributed by atoms with Crippen LogP contribution in [0.15, 0.2) is 47.2 Å². The molecule has 1 aromatic carbocycles. The third-order valence-electron chi connectivity index (χ3n) is 3.59. The van der Waals surface area contributed by atoms with E-state index in [2.05, 4.69) is 0 Å². The fourth-order valence-electron chi connectivity index (χ4n) is 2.41. The predicted molar refractivity (Wildman–Crippen MR) is 84.2 cm³/mol. The van der Waals surface area contributed by atoms with Gasteiger partial charge in [0.25, 0.3) is 0 Å². The van der Waals surface area contributed by atoms with Crippen molar-refractivity contribution in [3.8, 4) is 0 Å². The lowest BCUT2D eigenvalue weighted by Crippen LogP contribution is -2.32. The second kappa shape index (κ2) is 7.03. The molecule has 2 rings (SSSR count). The van der Waals surface area contributed by atoms with Crippen molar-refractivity contribution in [1.82, 2.24) is 0 Å². The monoisotopic (exact) mass is 324 g/mol. The fourth-order valence-corrected chi connectivity index (χ4v) is 4.10. The molecule has 1 aromatic heterocycles. The van der Waals surface area contributed by atoms with Gasteiger partial charge in [-0.1, -0.05) is 30.3 Å². The summed E-state index contributed by atoms with van der Waals surface area (Å²) in [6.45, 7) is 0. The van der Waals surface area contributed by atoms with Gasteiger partial charge in [-0.15, -0.1) is 0 Å². The molecule has 6 heteroatoms. The first-order valence-corrected chi connectivity index (χ1v) is 8.90. The quantitative estimate of drug-likeness (QED) is 0.764. The van der Waals surface area contributed by atoms with E-state index in [4.69, 9.17) is 0 Å². The van der Waals surface area contributed by atoms with E-state index in [0.29, 0.717) is 18.4 Å². The minimum absolute atomic E-state index is 0.149. The summed E-state index contributed by atoms with van der Waals surface area (Å²) in [5.41, 5.74) is 1.53. The molecule has 2 atom stereocenters. The van der Waals surface area contributed by atoms with Crippen molar-refractivity contribution in [1.29, 1.82) is 0 Å². The van der Waals surface area contributed by atoms with Gasteiger partial charge in [-0.25, -0.2) is 0 Å². The van der Waals surface area contributed by atoms with Crippen molar-refractivity contribution < 1.29 is 19.4 Å². The zero-order valence-electron chi connectivity index (χ0n) is 11.4. The second-order valence-electron chi connectivity index (χ2n) is 4.87. The Labute approximate surface area is 127 Å². The molecular weight excluding hydrogens is 307 g/mol. The van der Waals surface area contributed by atoms with Gasteiger partial charge in [0.1, 0.15) is 0 Å². The minimum atomic E-state index is -3.27. The van der Waals surface area contributed by atoms with Gasteiger partial charge in [-0.2, -0.15) is 11.3 Å². The lowest BCUT2D eigenvalue weighted by Gasteiger charge is -2.27. The highest BCUT2D eigenvalue weighted by molar-refractivity contribution is 7.41. The number of carboxylic acid groups (broad SMARTS) is 1. The van der Waals surface area contributed by atoms with Crippen molar-refractivity contribution in [3.05, 3.63) is 58.3 Å². The van der Waals surface area contributed by atoms with Crippen LogP contribution in [0, 0.1) is 0 Å². The molecule has 0 spiro atoms. The van der Waals surface area contributed by atoms with E-state index in [1.54, 1.807) is 41.7 Å². The molecular formula is C15H17O4PS. The van der Waals surface area contributed by atoms with Crippen molar-refractivity contribution in [3.63, 3.8) is 0 Å². The number of rotatable bonds is 7. The Morgan fingerprint density at radius 2 is 1.95 bits per heavy atom. The van der Waals surface area contributed by atoms with Crippen LogP contribution in [0.3, 0.4) is 0 Å². The number of benzene rings is 1. The topological polar surface area (TPSA) is 74.6 Å². The molecule has 0 radical (unpaired) electrons. The summed E-state index contributed by atoms with van der Waals surface area (Å²) in [6.07, 6.45) is 1.41. The SMILES string of the molecule is O=C(O)C(CCCc1ccsc1)(c1ccccc1)[PH](=O)O. The first-order valence-electron chi connectivity index (χ1n) is 6.61. The van der Waals surface area contributed by atoms with Crippen molar-refractivity contribution in [2.24, 2.45) is 0 Å². The Bertz CT molecular complexity index is 596. The predicted octanol–water partition coefficient (Wildman–Crippen LogP) is 3.52. The van der Waals surface area contributed by atoms with Gasteiger partial charge in [-0.3, -0.25) is 9.36 Å². The van der Waals surface area contributed by atoms with Gasteiger partial charge in [0, 0.05) is 0 Å². The molecule has 0 saturated carbocycles. The highest BCUT2D eigenvalue weighted by Crippen LogP contribution is 2.48. The highest BCUT2D eigenvalue weighted by Gasteiger charge is 2.45. The Balaban J connectivity index is 2.23. The summed E-state index contributed by atoms with van der Waals surface area (Å²) in [6, 6.07) is 10.3. The van der Waals surface area contributed by atoms with Crippen LogP contribution in [0.5, 0.6) is 0 Å². The maximum Gasteiger partial charge on any atom is 0.323 e. The molecule has 0 bridgehead atoms. The van der Waals surface area contributed by atoms with Crippen LogP contribution in [0.1, 0.15) is 24.0 Å². The summed E-state index contributed by atoms with van der Waals surface area (Å²) in [5, 5.41) is 11.9. The van der Waals surface area contributed by atoms with Crippen LogP contribution in [-0.2, 0) is 20.9 Å². The van der Waals surface area contributed by atoms with Gasteiger partial charge in [0.2, 0.25) is 8.03 Å². The molecule has 0 aliphatic heterocycles. The molecule has 0 amide bonds. The number of aliphatic carboxylic acids is 1. The zero-order chi connectivity index (χ0) is 15.3. The van der Waals surface area contributed by atoms with Gasteiger partial charge < -0.3 is 10.00 Å². The lowest BCUT2D eigenvalue weighted by molar-refractivity contribution is -0.140. The normalized spacial score (nSPS) is 15.3. The molecule has 0 fully saturated rings. The van der Waals surface area contributed by atoms with Gasteiger partial charge >= 0.3 is 5.97 Å². The molecule has 0 aliphatic rings. The second-order valence-corrected chi connectivity index (χ2v) is 7.11. The summed E-state index contributed by atoms with van der Waals surface area (Å²) < 4.78 is 11.9. The molecule has 2 unspecified atom stereocenters. The largest absolute Gasteiger partial charge is 0.480 e. The Hall–Kier alpha value is -1.42. The highest BCUT2D eigenvalue weighted by atomic mass is 32.1. The van der Waals surface area contributed by atoms with Crippen LogP contribution in [0.25, 0.3) is 0 Å². The third-order valence-corrected chi connectivity index (χ3v) is 5.81. The average molecular weight is 324 g/mol. The van der Waals surface area contributed by atoms with Crippen LogP contribution < -0.4 is 0 Å². The first-order chi connectivity index (χ1) is 10.1. The van der Waals surface area contributed by atoms with Crippen LogP contribution in [0.2, 0.25) is 0 Å². The smallest absolute Gasteiger partial charge is 0.323 e. The number of carbonyl (C=O) groups is 1. The molecule has 0 aliphatic carbocycles. The summed E-state index contributed by atoms with van der Waals surface area (Å²) in [4.78, 5) is 21.4. The number of carboxylic acids is 1. The van der Waals surface area contributed by atoms with E-state index in [0.717, 1.165) is 5.56 Å². The number of aryl methyl sites for hydroxylation is 1. The van der Waals surface area contributed by atoms with Gasteiger partial charge in [-0.05, 0) is 47.2 Å². The van der Waals surface area contributed by atoms with E-state index in [-0.39, 0.29) is 6.42 Å². The lowest BCUT2D eigenvalue weighted by atomic mass is 9.92. The first kappa shape index (κ1) is 16.0. The average Bonchev–Trinajstić information content (AvgIpc) is 2.97. The van der Waals surface area contributed by atoms with Gasteiger partial charge in [0.05, 0.1) is 0 Å². The summed E-state index contributed by atoms with van der Waals surface area (Å²) in [7, 11) is -3.27. The Kier molecular flexibility index (Phi) is 5.34. The minimum Gasteiger partial charge on any atom is -0.480 e. The van der Waals surface area contributed by atoms with Crippen molar-refractivity contribution in [2.75, 3.05) is 0 Å². The number of hydrogen-bond acceptors (Lipinski definition) is 3. The molecule has 1 heterocycles. The number of hydrogen-bond donors (Lipinski definition) is 2. The van der Waals surface area contributed by atoms with Crippen molar-refractivity contribution in [2.45, 2.75) is 24.4 Å². The Morgan fingerprint density at radius 1 is 1.24 bits per heavy atom. The van der Waals surface area contributed by atoms with E-state index in [1.165, 1.54) is 0 Å². The van der Waals surface area contributed by atoms with Crippen LogP contribution in [0.4, 0.5) is 0 Å². The fraction of sp³-hybridized carbons (Fsp3) is 0.267. The van der Waals surface area contributed by atoms with Gasteiger partial charge in [0.15, 0.2) is 5.16 Å². The van der Waals surface area contributed by atoms with E-state index in [1.807, 2.05) is 16.8 Å². The third kappa shape index (κ3) is 3.43. The molecule has 0 saturated heterocycles. The van der Waals surface area contributed by atoms with Crippen LogP contribution >= 0.6 is 19.4 Å². The zero-order valence-corrected chi connectivity index (χ0v) is 13.2. The number of thiophene rings is 1. The standard InChI is InChI=1S/C15H17O4PS/c16-14(17)15(20(18)19,13-6-2-1-3-7-13)9-4-5-12-8-10-21-11-12/h1-3,6-8,10-11,20H,4-5,9H2,(H,16,17)(H,18,19). The van der Waals surface area contributed by atoms with Crippen molar-refractivity contribution >= 4 is 25.3 Å². The van der Waals surface area contributed by atoms with E-state index >= 15 is 0 Å². The van der Waals surface area contributed by atoms with E-state index in [9.17, 15) is 19.4 Å². The maximum atomic E-state index is 11.9.